The van der Waals surface area contributed by atoms with Crippen molar-refractivity contribution in [2.45, 2.75) is 27.2 Å². The number of esters is 1. The Morgan fingerprint density at radius 2 is 2.00 bits per heavy atom. The molecule has 4 nitrogen and oxygen atoms in total. The lowest BCUT2D eigenvalue weighted by Gasteiger charge is -2.14. The Morgan fingerprint density at radius 3 is 2.56 bits per heavy atom. The van der Waals surface area contributed by atoms with Gasteiger partial charge in [-0.2, -0.15) is 0 Å². The Kier molecular flexibility index (Phi) is 4.89. The summed E-state index contributed by atoms with van der Waals surface area (Å²) >= 11 is 0. The lowest BCUT2D eigenvalue weighted by molar-refractivity contribution is -0.148. The fourth-order valence-corrected chi connectivity index (χ4v) is 1.69. The molecule has 1 rings (SSSR count). The smallest absolute Gasteiger partial charge is 0.318 e. The second-order valence-electron chi connectivity index (χ2n) is 4.29. The van der Waals surface area contributed by atoms with E-state index >= 15 is 0 Å². The third-order valence-electron chi connectivity index (χ3n) is 2.86. The summed E-state index contributed by atoms with van der Waals surface area (Å²) in [6.07, 6.45) is 0.420. The van der Waals surface area contributed by atoms with Gasteiger partial charge in [-0.15, -0.1) is 0 Å². The molecule has 1 amide bonds. The van der Waals surface area contributed by atoms with Crippen molar-refractivity contribution >= 4 is 17.6 Å². The number of carbonyl (C=O) groups is 2. The van der Waals surface area contributed by atoms with Gasteiger partial charge in [0.15, 0.2) is 0 Å². The molecule has 1 unspecified atom stereocenters. The van der Waals surface area contributed by atoms with Crippen molar-refractivity contribution in [3.05, 3.63) is 29.3 Å². The van der Waals surface area contributed by atoms with Crippen molar-refractivity contribution in [3.63, 3.8) is 0 Å². The summed E-state index contributed by atoms with van der Waals surface area (Å²) in [6, 6.07) is 5.80. The summed E-state index contributed by atoms with van der Waals surface area (Å²) < 4.78 is 4.62. The van der Waals surface area contributed by atoms with Gasteiger partial charge >= 0.3 is 5.97 Å². The fraction of sp³-hybridized carbons (Fsp3) is 0.429. The number of anilines is 1. The van der Waals surface area contributed by atoms with Crippen LogP contribution in [0.5, 0.6) is 0 Å². The predicted octanol–water partition coefficient (Wildman–Crippen LogP) is 2.44. The van der Waals surface area contributed by atoms with E-state index in [4.69, 9.17) is 0 Å². The summed E-state index contributed by atoms with van der Waals surface area (Å²) in [5.41, 5.74) is 2.76. The molecule has 1 atom stereocenters. The van der Waals surface area contributed by atoms with Gasteiger partial charge in [-0.25, -0.2) is 0 Å². The monoisotopic (exact) mass is 249 g/mol. The topological polar surface area (TPSA) is 55.4 Å². The number of hydrogen-bond acceptors (Lipinski definition) is 3. The molecule has 0 radical (unpaired) electrons. The summed E-state index contributed by atoms with van der Waals surface area (Å²) in [7, 11) is 1.29. The molecule has 1 N–H and O–H groups in total. The highest BCUT2D eigenvalue weighted by atomic mass is 16.5. The van der Waals surface area contributed by atoms with E-state index in [2.05, 4.69) is 10.1 Å². The minimum atomic E-state index is -0.755. The Labute approximate surface area is 107 Å². The molecule has 1 aromatic rings. The normalized spacial score (nSPS) is 11.8. The maximum atomic E-state index is 12.0. The van der Waals surface area contributed by atoms with Gasteiger partial charge in [0.2, 0.25) is 5.91 Å². The molecular weight excluding hydrogens is 230 g/mol. The van der Waals surface area contributed by atoms with E-state index in [1.165, 1.54) is 7.11 Å². The average Bonchev–Trinajstić information content (AvgIpc) is 2.34. The van der Waals surface area contributed by atoms with E-state index in [0.717, 1.165) is 16.8 Å². The Morgan fingerprint density at radius 1 is 1.33 bits per heavy atom. The quantitative estimate of drug-likeness (QED) is 0.658. The largest absolute Gasteiger partial charge is 0.468 e. The molecule has 0 aromatic heterocycles. The second kappa shape index (κ2) is 6.19. The van der Waals surface area contributed by atoms with Gasteiger partial charge in [-0.3, -0.25) is 9.59 Å². The molecule has 0 heterocycles. The van der Waals surface area contributed by atoms with Gasteiger partial charge in [-0.1, -0.05) is 19.1 Å². The first-order valence-corrected chi connectivity index (χ1v) is 5.95. The summed E-state index contributed by atoms with van der Waals surface area (Å²) in [5, 5.41) is 2.78. The molecule has 4 heteroatoms. The molecular formula is C14H19NO3. The van der Waals surface area contributed by atoms with Crippen molar-refractivity contribution < 1.29 is 14.3 Å². The Bertz CT molecular complexity index is 454. The minimum Gasteiger partial charge on any atom is -0.468 e. The molecule has 18 heavy (non-hydrogen) atoms. The molecule has 0 saturated heterocycles. The highest BCUT2D eigenvalue weighted by Crippen LogP contribution is 2.18. The number of hydrogen-bond donors (Lipinski definition) is 1. The number of rotatable bonds is 4. The SMILES string of the molecule is CCC(C(=O)Nc1cc(C)ccc1C)C(=O)OC. The number of benzene rings is 1. The van der Waals surface area contributed by atoms with Crippen LogP contribution in [0.3, 0.4) is 0 Å². The number of ether oxygens (including phenoxy) is 1. The van der Waals surface area contributed by atoms with Crippen LogP contribution in [-0.4, -0.2) is 19.0 Å². The number of methoxy groups -OCH3 is 1. The van der Waals surface area contributed by atoms with Crippen molar-refractivity contribution in [3.8, 4) is 0 Å². The van der Waals surface area contributed by atoms with Crippen LogP contribution >= 0.6 is 0 Å². The number of aryl methyl sites for hydroxylation is 2. The summed E-state index contributed by atoms with van der Waals surface area (Å²) in [4.78, 5) is 23.4. The van der Waals surface area contributed by atoms with E-state index in [1.54, 1.807) is 6.92 Å². The van der Waals surface area contributed by atoms with Gasteiger partial charge in [0.05, 0.1) is 7.11 Å². The number of nitrogens with one attached hydrogen (secondary N) is 1. The standard InChI is InChI=1S/C14H19NO3/c1-5-11(14(17)18-4)13(16)15-12-8-9(2)6-7-10(12)3/h6-8,11H,5H2,1-4H3,(H,15,16). The van der Waals surface area contributed by atoms with E-state index in [9.17, 15) is 9.59 Å². The first kappa shape index (κ1) is 14.2. The van der Waals surface area contributed by atoms with Crippen LogP contribution in [0.15, 0.2) is 18.2 Å². The maximum absolute atomic E-state index is 12.0. The first-order chi connectivity index (χ1) is 8.49. The van der Waals surface area contributed by atoms with E-state index < -0.39 is 11.9 Å². The third kappa shape index (κ3) is 3.32. The minimum absolute atomic E-state index is 0.321. The van der Waals surface area contributed by atoms with Crippen molar-refractivity contribution in [1.82, 2.24) is 0 Å². The van der Waals surface area contributed by atoms with E-state index in [0.29, 0.717) is 6.42 Å². The molecule has 0 aliphatic rings. The molecule has 1 aromatic carbocycles. The van der Waals surface area contributed by atoms with Crippen molar-refractivity contribution in [2.24, 2.45) is 5.92 Å². The fourth-order valence-electron chi connectivity index (χ4n) is 1.69. The van der Waals surface area contributed by atoms with Crippen LogP contribution < -0.4 is 5.32 Å². The lowest BCUT2D eigenvalue weighted by atomic mass is 10.1. The Balaban J connectivity index is 2.86. The summed E-state index contributed by atoms with van der Waals surface area (Å²) in [5.74, 6) is -1.58. The highest BCUT2D eigenvalue weighted by molar-refractivity contribution is 6.05. The zero-order valence-electron chi connectivity index (χ0n) is 11.2. The van der Waals surface area contributed by atoms with Crippen LogP contribution in [0.25, 0.3) is 0 Å². The molecule has 0 fully saturated rings. The van der Waals surface area contributed by atoms with Gasteiger partial charge in [0, 0.05) is 5.69 Å². The number of amides is 1. The van der Waals surface area contributed by atoms with Crippen LogP contribution in [0, 0.1) is 19.8 Å². The first-order valence-electron chi connectivity index (χ1n) is 5.95. The zero-order chi connectivity index (χ0) is 13.7. The van der Waals surface area contributed by atoms with Crippen molar-refractivity contribution in [2.75, 3.05) is 12.4 Å². The summed E-state index contributed by atoms with van der Waals surface area (Å²) in [6.45, 7) is 5.64. The highest BCUT2D eigenvalue weighted by Gasteiger charge is 2.25. The average molecular weight is 249 g/mol. The second-order valence-corrected chi connectivity index (χ2v) is 4.29. The van der Waals surface area contributed by atoms with Crippen LogP contribution in [0.1, 0.15) is 24.5 Å². The molecule has 0 saturated carbocycles. The molecule has 0 spiro atoms. The van der Waals surface area contributed by atoms with Gasteiger partial charge in [0.1, 0.15) is 5.92 Å². The van der Waals surface area contributed by atoms with E-state index in [1.807, 2.05) is 32.0 Å². The zero-order valence-corrected chi connectivity index (χ0v) is 11.2. The maximum Gasteiger partial charge on any atom is 0.318 e. The molecule has 0 aliphatic heterocycles. The number of carbonyl (C=O) groups excluding carboxylic acids is 2. The van der Waals surface area contributed by atoms with Crippen LogP contribution in [0.2, 0.25) is 0 Å². The molecule has 98 valence electrons. The predicted molar refractivity (Wildman–Crippen MR) is 70.3 cm³/mol. The van der Waals surface area contributed by atoms with Crippen molar-refractivity contribution in [1.29, 1.82) is 0 Å². The molecule has 0 bridgehead atoms. The van der Waals surface area contributed by atoms with Crippen LogP contribution in [0.4, 0.5) is 5.69 Å². The van der Waals surface area contributed by atoms with Crippen LogP contribution in [-0.2, 0) is 14.3 Å². The third-order valence-corrected chi connectivity index (χ3v) is 2.86. The van der Waals surface area contributed by atoms with Gasteiger partial charge < -0.3 is 10.1 Å². The van der Waals surface area contributed by atoms with Gasteiger partial charge in [-0.05, 0) is 37.5 Å². The Hall–Kier alpha value is -1.84. The van der Waals surface area contributed by atoms with Gasteiger partial charge in [0.25, 0.3) is 0 Å². The lowest BCUT2D eigenvalue weighted by Crippen LogP contribution is -2.30. The van der Waals surface area contributed by atoms with E-state index in [-0.39, 0.29) is 5.91 Å². The molecule has 0 aliphatic carbocycles.